The van der Waals surface area contributed by atoms with E-state index in [0.717, 1.165) is 35.8 Å². The van der Waals surface area contributed by atoms with Gasteiger partial charge in [0.05, 0.1) is 19.0 Å². The lowest BCUT2D eigenvalue weighted by Gasteiger charge is -2.23. The minimum Gasteiger partial charge on any atom is -0.497 e. The van der Waals surface area contributed by atoms with Gasteiger partial charge in [0.2, 0.25) is 0 Å². The van der Waals surface area contributed by atoms with Crippen LogP contribution < -0.4 is 9.47 Å². The number of ether oxygens (including phenoxy) is 2. The molecule has 0 N–H and O–H groups in total. The van der Waals surface area contributed by atoms with Gasteiger partial charge in [0.15, 0.2) is 0 Å². The van der Waals surface area contributed by atoms with Crippen molar-refractivity contribution in [3.05, 3.63) is 65.6 Å². The Kier molecular flexibility index (Phi) is 4.15. The third-order valence-corrected chi connectivity index (χ3v) is 4.39. The summed E-state index contributed by atoms with van der Waals surface area (Å²) in [5, 5.41) is 0. The average molecular weight is 335 g/mol. The molecule has 0 spiro atoms. The van der Waals surface area contributed by atoms with Crippen LogP contribution in [0.3, 0.4) is 0 Å². The number of rotatable bonds is 5. The highest BCUT2D eigenvalue weighted by Gasteiger charge is 2.14. The minimum atomic E-state index is 0.622. The highest BCUT2D eigenvalue weighted by atomic mass is 16.5. The van der Waals surface area contributed by atoms with E-state index in [0.29, 0.717) is 6.61 Å². The topological polar surface area (TPSA) is 39.0 Å². The van der Waals surface area contributed by atoms with E-state index < -0.39 is 0 Å². The van der Waals surface area contributed by atoms with Crippen molar-refractivity contribution in [2.45, 2.75) is 6.54 Å². The lowest BCUT2D eigenvalue weighted by molar-refractivity contribution is 0.302. The molecular weight excluding hydrogens is 314 g/mol. The summed E-state index contributed by atoms with van der Waals surface area (Å²) >= 11 is 0. The number of imidazole rings is 1. The Hall–Kier alpha value is -2.79. The molecule has 3 heterocycles. The Morgan fingerprint density at radius 1 is 1.24 bits per heavy atom. The molecule has 0 radical (unpaired) electrons. The number of aromatic nitrogens is 2. The fourth-order valence-corrected chi connectivity index (χ4v) is 3.20. The molecule has 5 heteroatoms. The average Bonchev–Trinajstić information content (AvgIpc) is 3.04. The summed E-state index contributed by atoms with van der Waals surface area (Å²) in [6, 6.07) is 12.0. The fraction of sp³-hybridized carbons (Fsp3) is 0.250. The number of hydrogen-bond donors (Lipinski definition) is 0. The molecule has 0 saturated heterocycles. The predicted molar refractivity (Wildman–Crippen MR) is 98.0 cm³/mol. The lowest BCUT2D eigenvalue weighted by atomic mass is 10.1. The SMILES string of the molecule is COc1ccc2c(c1)C=C(CN(C)Cc1cnc3ccccn13)CO2. The van der Waals surface area contributed by atoms with Crippen LogP contribution in [0.2, 0.25) is 0 Å². The van der Waals surface area contributed by atoms with E-state index in [9.17, 15) is 0 Å². The lowest BCUT2D eigenvalue weighted by Crippen LogP contribution is -2.24. The molecule has 0 amide bonds. The molecule has 128 valence electrons. The van der Waals surface area contributed by atoms with Crippen LogP contribution >= 0.6 is 0 Å². The van der Waals surface area contributed by atoms with Gasteiger partial charge in [-0.05, 0) is 49.0 Å². The van der Waals surface area contributed by atoms with Crippen LogP contribution in [0.15, 0.2) is 54.4 Å². The summed E-state index contributed by atoms with van der Waals surface area (Å²) in [6.45, 7) is 2.29. The van der Waals surface area contributed by atoms with Gasteiger partial charge in [-0.15, -0.1) is 0 Å². The van der Waals surface area contributed by atoms with Crippen LogP contribution in [0.5, 0.6) is 11.5 Å². The van der Waals surface area contributed by atoms with Crippen LogP contribution in [0, 0.1) is 0 Å². The van der Waals surface area contributed by atoms with Crippen LogP contribution in [-0.2, 0) is 6.54 Å². The highest BCUT2D eigenvalue weighted by molar-refractivity contribution is 5.64. The number of methoxy groups -OCH3 is 1. The summed E-state index contributed by atoms with van der Waals surface area (Å²) in [5.41, 5.74) is 4.48. The van der Waals surface area contributed by atoms with Gasteiger partial charge in [-0.2, -0.15) is 0 Å². The molecule has 25 heavy (non-hydrogen) atoms. The number of hydrogen-bond acceptors (Lipinski definition) is 4. The molecule has 1 aliphatic rings. The van der Waals surface area contributed by atoms with E-state index in [2.05, 4.69) is 33.6 Å². The first kappa shape index (κ1) is 15.7. The van der Waals surface area contributed by atoms with Crippen molar-refractivity contribution in [1.29, 1.82) is 0 Å². The van der Waals surface area contributed by atoms with E-state index in [1.807, 2.05) is 42.6 Å². The molecule has 1 aliphatic heterocycles. The fourth-order valence-electron chi connectivity index (χ4n) is 3.20. The van der Waals surface area contributed by atoms with Crippen molar-refractivity contribution in [2.24, 2.45) is 0 Å². The Morgan fingerprint density at radius 3 is 3.04 bits per heavy atom. The van der Waals surface area contributed by atoms with Crippen molar-refractivity contribution in [2.75, 3.05) is 27.3 Å². The maximum atomic E-state index is 5.87. The van der Waals surface area contributed by atoms with Crippen molar-refractivity contribution in [1.82, 2.24) is 14.3 Å². The molecule has 1 aromatic carbocycles. The molecule has 0 unspecified atom stereocenters. The number of fused-ring (bicyclic) bond motifs is 2. The Labute approximate surface area is 147 Å². The van der Waals surface area contributed by atoms with E-state index >= 15 is 0 Å². The summed E-state index contributed by atoms with van der Waals surface area (Å²) in [4.78, 5) is 6.73. The van der Waals surface area contributed by atoms with Crippen LogP contribution in [0.4, 0.5) is 0 Å². The van der Waals surface area contributed by atoms with Gasteiger partial charge in [-0.3, -0.25) is 4.90 Å². The standard InChI is InChI=1S/C20H21N3O2/c1-22(13-17-11-21-20-5-3-4-8-23(17)20)12-15-9-16-10-18(24-2)6-7-19(16)25-14-15/h3-11H,12-14H2,1-2H3. The molecule has 0 fully saturated rings. The summed E-state index contributed by atoms with van der Waals surface area (Å²) < 4.78 is 13.3. The largest absolute Gasteiger partial charge is 0.497 e. The monoisotopic (exact) mass is 335 g/mol. The number of nitrogens with zero attached hydrogens (tertiary/aromatic N) is 3. The zero-order valence-electron chi connectivity index (χ0n) is 14.5. The molecular formula is C20H21N3O2. The Balaban J connectivity index is 1.49. The van der Waals surface area contributed by atoms with Gasteiger partial charge in [-0.1, -0.05) is 6.07 Å². The second-order valence-corrected chi connectivity index (χ2v) is 6.35. The molecule has 0 bridgehead atoms. The van der Waals surface area contributed by atoms with Crippen molar-refractivity contribution in [3.8, 4) is 11.5 Å². The van der Waals surface area contributed by atoms with Gasteiger partial charge in [0, 0.05) is 24.8 Å². The van der Waals surface area contributed by atoms with Crippen LogP contribution in [-0.4, -0.2) is 41.6 Å². The molecule has 3 aromatic rings. The van der Waals surface area contributed by atoms with Crippen molar-refractivity contribution < 1.29 is 9.47 Å². The third-order valence-electron chi connectivity index (χ3n) is 4.39. The number of benzene rings is 1. The third kappa shape index (κ3) is 3.23. The van der Waals surface area contributed by atoms with Gasteiger partial charge in [-0.25, -0.2) is 4.98 Å². The van der Waals surface area contributed by atoms with Gasteiger partial charge >= 0.3 is 0 Å². The second-order valence-electron chi connectivity index (χ2n) is 6.35. The Morgan fingerprint density at radius 2 is 2.16 bits per heavy atom. The summed E-state index contributed by atoms with van der Waals surface area (Å²) in [6.07, 6.45) is 6.20. The smallest absolute Gasteiger partial charge is 0.136 e. The minimum absolute atomic E-state index is 0.622. The van der Waals surface area contributed by atoms with Gasteiger partial charge < -0.3 is 13.9 Å². The van der Waals surface area contributed by atoms with Crippen LogP contribution in [0.1, 0.15) is 11.3 Å². The normalized spacial score (nSPS) is 13.5. The molecule has 5 nitrogen and oxygen atoms in total. The Bertz CT molecular complexity index is 930. The maximum Gasteiger partial charge on any atom is 0.136 e. The molecule has 4 rings (SSSR count). The van der Waals surface area contributed by atoms with Gasteiger partial charge in [0.25, 0.3) is 0 Å². The first-order valence-corrected chi connectivity index (χ1v) is 8.33. The van der Waals surface area contributed by atoms with E-state index in [1.165, 1.54) is 11.3 Å². The molecule has 0 atom stereocenters. The molecule has 0 saturated carbocycles. The summed E-state index contributed by atoms with van der Waals surface area (Å²) in [7, 11) is 3.80. The molecule has 0 aliphatic carbocycles. The number of pyridine rings is 1. The van der Waals surface area contributed by atoms with Crippen molar-refractivity contribution >= 4 is 11.7 Å². The van der Waals surface area contributed by atoms with Gasteiger partial charge in [0.1, 0.15) is 23.8 Å². The number of likely N-dealkylation sites (N-methyl/N-ethyl adjacent to an activating group) is 1. The first-order valence-electron chi connectivity index (χ1n) is 8.33. The quantitative estimate of drug-likeness (QED) is 0.717. The molecule has 2 aromatic heterocycles. The van der Waals surface area contributed by atoms with E-state index in [1.54, 1.807) is 7.11 Å². The summed E-state index contributed by atoms with van der Waals surface area (Å²) in [5.74, 6) is 1.76. The van der Waals surface area contributed by atoms with E-state index in [-0.39, 0.29) is 0 Å². The van der Waals surface area contributed by atoms with Crippen LogP contribution in [0.25, 0.3) is 11.7 Å². The first-order chi connectivity index (χ1) is 12.2. The highest BCUT2D eigenvalue weighted by Crippen LogP contribution is 2.30. The van der Waals surface area contributed by atoms with E-state index in [4.69, 9.17) is 9.47 Å². The zero-order valence-corrected chi connectivity index (χ0v) is 14.5. The predicted octanol–water partition coefficient (Wildman–Crippen LogP) is 3.25. The second kappa shape index (κ2) is 6.61. The zero-order chi connectivity index (χ0) is 17.2. The van der Waals surface area contributed by atoms with Crippen molar-refractivity contribution in [3.63, 3.8) is 0 Å². The maximum absolute atomic E-state index is 5.87.